The largest absolute Gasteiger partial charge is 0.335 e. The van der Waals surface area contributed by atoms with Gasteiger partial charge in [-0.15, -0.1) is 0 Å². The van der Waals surface area contributed by atoms with Crippen LogP contribution in [0.25, 0.3) is 43.6 Å². The monoisotopic (exact) mass is 790 g/mol. The highest BCUT2D eigenvalue weighted by Crippen LogP contribution is 2.33. The molecule has 0 aliphatic heterocycles. The molecule has 8 rings (SSSR count). The van der Waals surface area contributed by atoms with E-state index < -0.39 is 19.7 Å². The smallest absolute Gasteiger partial charge is 0.185 e. The maximum atomic E-state index is 11.9. The first-order valence-corrected chi connectivity index (χ1v) is 20.8. The molecule has 0 saturated carbocycles. The van der Waals surface area contributed by atoms with E-state index in [1.165, 1.54) is 24.6 Å². The Labute approximate surface area is 320 Å². The lowest BCUT2D eigenvalue weighted by molar-refractivity contribution is 0.527. The van der Waals surface area contributed by atoms with Crippen molar-refractivity contribution in [1.82, 2.24) is 49.9 Å². The summed E-state index contributed by atoms with van der Waals surface area (Å²) in [5, 5.41) is 50.5. The summed E-state index contributed by atoms with van der Waals surface area (Å²) in [5.74, 6) is 0.957. The van der Waals surface area contributed by atoms with Gasteiger partial charge in [0.2, 0.25) is 0 Å². The van der Waals surface area contributed by atoms with Crippen molar-refractivity contribution in [2.75, 3.05) is 23.1 Å². The van der Waals surface area contributed by atoms with E-state index in [1.807, 2.05) is 27.7 Å². The molecule has 284 valence electrons. The Morgan fingerprint density at radius 2 is 1.21 bits per heavy atom. The summed E-state index contributed by atoms with van der Waals surface area (Å²) >= 11 is 0. The molecule has 0 aliphatic carbocycles. The van der Waals surface area contributed by atoms with Gasteiger partial charge in [-0.25, -0.2) is 26.8 Å². The van der Waals surface area contributed by atoms with Crippen molar-refractivity contribution < 1.29 is 16.8 Å². The summed E-state index contributed by atoms with van der Waals surface area (Å²) in [6.45, 7) is 7.83. The van der Waals surface area contributed by atoms with E-state index >= 15 is 0 Å². The van der Waals surface area contributed by atoms with E-state index in [4.69, 9.17) is 0 Å². The van der Waals surface area contributed by atoms with E-state index in [9.17, 15) is 27.4 Å². The number of nitriles is 2. The molecular formula is C36H34N14O4S2. The number of sulfone groups is 2. The molecule has 0 unspecified atom stereocenters. The first-order valence-electron chi connectivity index (χ1n) is 17.0. The maximum Gasteiger partial charge on any atom is 0.185 e. The summed E-state index contributed by atoms with van der Waals surface area (Å²) in [6, 6.07) is 13.9. The minimum Gasteiger partial charge on any atom is -0.335 e. The van der Waals surface area contributed by atoms with Gasteiger partial charge in [-0.2, -0.15) is 30.9 Å². The predicted molar refractivity (Wildman–Crippen MR) is 210 cm³/mol. The Balaban J connectivity index is 0.000000172. The summed E-state index contributed by atoms with van der Waals surface area (Å²) < 4.78 is 50.9. The molecule has 0 aliphatic rings. The van der Waals surface area contributed by atoms with Gasteiger partial charge in [-0.05, 0) is 64.1 Å². The fraction of sp³-hybridized carbons (Fsp3) is 0.222. The van der Waals surface area contributed by atoms with Crippen LogP contribution in [0.4, 0.5) is 23.0 Å². The molecular weight excluding hydrogens is 757 g/mol. The third kappa shape index (κ3) is 6.94. The van der Waals surface area contributed by atoms with Crippen molar-refractivity contribution in [3.05, 3.63) is 72.6 Å². The predicted octanol–water partition coefficient (Wildman–Crippen LogP) is 5.81. The number of aromatic amines is 2. The highest BCUT2D eigenvalue weighted by atomic mass is 32.2. The lowest BCUT2D eigenvalue weighted by Crippen LogP contribution is -2.06. The minimum absolute atomic E-state index is 0.0383. The summed E-state index contributed by atoms with van der Waals surface area (Å²) in [7, 11) is -6.68. The number of aromatic nitrogens is 10. The van der Waals surface area contributed by atoms with E-state index in [1.54, 1.807) is 58.4 Å². The van der Waals surface area contributed by atoms with Crippen LogP contribution in [0, 0.1) is 22.7 Å². The Morgan fingerprint density at radius 1 is 0.696 bits per heavy atom. The van der Waals surface area contributed by atoms with Crippen LogP contribution in [0.2, 0.25) is 0 Å². The molecule has 18 nitrogen and oxygen atoms in total. The second-order valence-corrected chi connectivity index (χ2v) is 17.6. The lowest BCUT2D eigenvalue weighted by atomic mass is 10.1. The summed E-state index contributed by atoms with van der Waals surface area (Å²) in [4.78, 5) is 9.64. The van der Waals surface area contributed by atoms with Crippen molar-refractivity contribution in [2.45, 2.75) is 49.6 Å². The number of H-pyrrole nitrogens is 2. The number of pyridine rings is 2. The van der Waals surface area contributed by atoms with Gasteiger partial charge in [0.1, 0.15) is 23.2 Å². The molecule has 0 spiro atoms. The number of anilines is 4. The second-order valence-electron chi connectivity index (χ2n) is 13.5. The molecule has 0 fully saturated rings. The fourth-order valence-corrected chi connectivity index (χ4v) is 7.33. The molecule has 0 amide bonds. The number of fused-ring (bicyclic) bond motifs is 6. The van der Waals surface area contributed by atoms with Gasteiger partial charge in [0, 0.05) is 46.1 Å². The van der Waals surface area contributed by atoms with E-state index in [2.05, 4.69) is 63.3 Å². The molecule has 0 atom stereocenters. The number of nitrogens with one attached hydrogen (secondary N) is 4. The van der Waals surface area contributed by atoms with Crippen molar-refractivity contribution >= 4 is 86.3 Å². The number of rotatable bonds is 8. The summed E-state index contributed by atoms with van der Waals surface area (Å²) in [6.07, 6.45) is 8.92. The average molecular weight is 791 g/mol. The standard InChI is InChI=1S/2C18H17N7O2S/c1-10(2)25-16(7-19)15(9-21-25)23-18-17-13(8-20-24-17)12-6-11(28(3,26)27)4-5-14(12)22-18;1-10(2)25-9-16(15(7-19)24-25)22-18-17-13(8-20-23-17)12-6-11(28(3,26)27)4-5-14(12)21-18/h4-6,8-10H,1-3H3,(H,20,24)(H,22,23);4-6,8-10H,1-3H3,(H,20,23)(H,21,22). The van der Waals surface area contributed by atoms with Crippen LogP contribution in [-0.2, 0) is 19.7 Å². The zero-order valence-electron chi connectivity index (χ0n) is 30.8. The molecule has 20 heteroatoms. The van der Waals surface area contributed by atoms with Crippen LogP contribution in [0.3, 0.4) is 0 Å². The topological polar surface area (TPSA) is 259 Å². The Bertz CT molecular complexity index is 2990. The highest BCUT2D eigenvalue weighted by molar-refractivity contribution is 7.91. The van der Waals surface area contributed by atoms with E-state index in [-0.39, 0.29) is 27.6 Å². The SMILES string of the molecule is CC(C)n1cc(Nc2nc3ccc(S(C)(=O)=O)cc3c3cn[nH]c23)c(C#N)n1.CC(C)n1ncc(Nc2nc3ccc(S(C)(=O)=O)cc3c3cn[nH]c23)c1C#N. The van der Waals surface area contributed by atoms with Crippen molar-refractivity contribution in [1.29, 1.82) is 10.5 Å². The quantitative estimate of drug-likeness (QED) is 0.142. The Hall–Kier alpha value is -6.90. The molecule has 2 aromatic carbocycles. The number of nitrogens with zero attached hydrogens (tertiary/aromatic N) is 10. The lowest BCUT2D eigenvalue weighted by Gasteiger charge is -2.10. The first kappa shape index (κ1) is 37.4. The van der Waals surface area contributed by atoms with Crippen molar-refractivity contribution in [3.8, 4) is 12.1 Å². The van der Waals surface area contributed by atoms with Crippen LogP contribution < -0.4 is 10.6 Å². The molecule has 56 heavy (non-hydrogen) atoms. The molecule has 0 bridgehead atoms. The van der Waals surface area contributed by atoms with Crippen LogP contribution >= 0.6 is 0 Å². The van der Waals surface area contributed by atoms with Crippen LogP contribution in [-0.4, -0.2) is 79.3 Å². The fourth-order valence-electron chi connectivity index (χ4n) is 6.04. The molecule has 6 aromatic heterocycles. The molecule has 0 radical (unpaired) electrons. The van der Waals surface area contributed by atoms with Crippen LogP contribution in [0.1, 0.15) is 51.2 Å². The Morgan fingerprint density at radius 3 is 1.66 bits per heavy atom. The molecule has 4 N–H and O–H groups in total. The summed E-state index contributed by atoms with van der Waals surface area (Å²) in [5.41, 5.74) is 4.17. The molecule has 8 aromatic rings. The normalized spacial score (nSPS) is 12.0. The maximum absolute atomic E-state index is 11.9. The third-order valence-electron chi connectivity index (χ3n) is 8.85. The number of hydrogen-bond donors (Lipinski definition) is 4. The molecule has 6 heterocycles. The van der Waals surface area contributed by atoms with Gasteiger partial charge in [-0.3, -0.25) is 19.6 Å². The first-order chi connectivity index (χ1) is 26.6. The van der Waals surface area contributed by atoms with Gasteiger partial charge in [0.05, 0.1) is 57.0 Å². The minimum atomic E-state index is -3.34. The van der Waals surface area contributed by atoms with Gasteiger partial charge in [-0.1, -0.05) is 0 Å². The van der Waals surface area contributed by atoms with Crippen LogP contribution in [0.5, 0.6) is 0 Å². The van der Waals surface area contributed by atoms with Crippen LogP contribution in [0.15, 0.2) is 71.0 Å². The van der Waals surface area contributed by atoms with Crippen molar-refractivity contribution in [2.24, 2.45) is 0 Å². The molecule has 0 saturated heterocycles. The number of hydrogen-bond acceptors (Lipinski definition) is 14. The van der Waals surface area contributed by atoms with Gasteiger partial charge in [0.25, 0.3) is 0 Å². The third-order valence-corrected chi connectivity index (χ3v) is 11.1. The zero-order chi connectivity index (χ0) is 40.1. The van der Waals surface area contributed by atoms with Crippen molar-refractivity contribution in [3.63, 3.8) is 0 Å². The van der Waals surface area contributed by atoms with E-state index in [0.29, 0.717) is 61.5 Å². The number of benzene rings is 2. The van der Waals surface area contributed by atoms with Gasteiger partial charge < -0.3 is 10.6 Å². The van der Waals surface area contributed by atoms with Gasteiger partial charge in [0.15, 0.2) is 42.7 Å². The van der Waals surface area contributed by atoms with Gasteiger partial charge >= 0.3 is 0 Å². The average Bonchev–Trinajstić information content (AvgIpc) is 3.97. The zero-order valence-corrected chi connectivity index (χ0v) is 32.5. The second kappa shape index (κ2) is 14.1. The Kier molecular flexibility index (Phi) is 9.40. The van der Waals surface area contributed by atoms with E-state index in [0.717, 1.165) is 10.8 Å². The highest BCUT2D eigenvalue weighted by Gasteiger charge is 2.19.